The number of hydrogen-bond acceptors (Lipinski definition) is 4. The second-order valence-corrected chi connectivity index (χ2v) is 6.88. The lowest BCUT2D eigenvalue weighted by Crippen LogP contribution is -2.53. The van der Waals surface area contributed by atoms with Gasteiger partial charge in [-0.15, -0.1) is 0 Å². The predicted octanol–water partition coefficient (Wildman–Crippen LogP) is 2.94. The third-order valence-corrected chi connectivity index (χ3v) is 4.54. The third-order valence-electron chi connectivity index (χ3n) is 4.54. The van der Waals surface area contributed by atoms with Crippen LogP contribution in [0.2, 0.25) is 0 Å². The molecule has 0 aliphatic carbocycles. The van der Waals surface area contributed by atoms with Crippen LogP contribution in [-0.2, 0) is 13.0 Å². The van der Waals surface area contributed by atoms with E-state index < -0.39 is 0 Å². The highest BCUT2D eigenvalue weighted by Gasteiger charge is 2.30. The van der Waals surface area contributed by atoms with Gasteiger partial charge in [-0.3, -0.25) is 10.2 Å². The van der Waals surface area contributed by atoms with E-state index in [1.807, 2.05) is 0 Å². The molecule has 0 fully saturated rings. The average molecular weight is 328 g/mol. The maximum Gasteiger partial charge on any atom is 0.320 e. The number of carbonyl (C=O) groups excluding carboxylic acids is 1. The summed E-state index contributed by atoms with van der Waals surface area (Å²) in [5, 5.41) is 9.37. The van der Waals surface area contributed by atoms with Gasteiger partial charge in [0.1, 0.15) is 5.76 Å². The van der Waals surface area contributed by atoms with E-state index in [0.29, 0.717) is 18.1 Å². The summed E-state index contributed by atoms with van der Waals surface area (Å²) in [6, 6.07) is 9.98. The molecule has 0 spiro atoms. The van der Waals surface area contributed by atoms with Crippen molar-refractivity contribution in [3.05, 3.63) is 47.2 Å². The minimum Gasteiger partial charge on any atom is -0.360 e. The fraction of sp³-hybridized carbons (Fsp3) is 0.444. The number of anilines is 1. The van der Waals surface area contributed by atoms with E-state index >= 15 is 0 Å². The first-order valence-electron chi connectivity index (χ1n) is 8.24. The van der Waals surface area contributed by atoms with Crippen molar-refractivity contribution in [2.24, 2.45) is 0 Å². The van der Waals surface area contributed by atoms with Crippen LogP contribution in [-0.4, -0.2) is 34.7 Å². The first kappa shape index (κ1) is 16.5. The molecular weight excluding hydrogens is 304 g/mol. The van der Waals surface area contributed by atoms with Gasteiger partial charge >= 0.3 is 6.03 Å². The second kappa shape index (κ2) is 6.65. The summed E-state index contributed by atoms with van der Waals surface area (Å²) in [6.07, 6.45) is 1.05. The zero-order valence-corrected chi connectivity index (χ0v) is 14.4. The zero-order chi connectivity index (χ0) is 17.2. The second-order valence-electron chi connectivity index (χ2n) is 6.88. The molecule has 6 nitrogen and oxygen atoms in total. The van der Waals surface area contributed by atoms with Crippen molar-refractivity contribution in [3.8, 4) is 0 Å². The van der Waals surface area contributed by atoms with Crippen LogP contribution in [0.25, 0.3) is 0 Å². The van der Waals surface area contributed by atoms with Crippen molar-refractivity contribution in [3.63, 3.8) is 0 Å². The Morgan fingerprint density at radius 3 is 2.79 bits per heavy atom. The number of rotatable bonds is 4. The Morgan fingerprint density at radius 1 is 1.33 bits per heavy atom. The number of hydrogen-bond donors (Lipinski definition) is 2. The Bertz CT molecular complexity index is 723. The van der Waals surface area contributed by atoms with E-state index in [1.54, 1.807) is 13.0 Å². The van der Waals surface area contributed by atoms with Gasteiger partial charge in [0.15, 0.2) is 5.82 Å². The topological polar surface area (TPSA) is 70.4 Å². The predicted molar refractivity (Wildman–Crippen MR) is 92.9 cm³/mol. The van der Waals surface area contributed by atoms with Crippen LogP contribution >= 0.6 is 0 Å². The van der Waals surface area contributed by atoms with Crippen LogP contribution in [0.1, 0.15) is 30.7 Å². The molecule has 2 N–H and O–H groups in total. The number of urea groups is 1. The molecule has 1 aromatic heterocycles. The highest BCUT2D eigenvalue weighted by molar-refractivity contribution is 5.88. The Morgan fingerprint density at radius 2 is 2.08 bits per heavy atom. The maximum absolute atomic E-state index is 12.0. The molecule has 1 aliphatic heterocycles. The number of nitrogens with zero attached hydrogens (tertiary/aromatic N) is 2. The molecule has 2 heterocycles. The molecule has 128 valence electrons. The van der Waals surface area contributed by atoms with Crippen molar-refractivity contribution in [1.82, 2.24) is 15.4 Å². The molecule has 0 radical (unpaired) electrons. The average Bonchev–Trinajstić information content (AvgIpc) is 2.97. The Balaban J connectivity index is 1.55. The normalized spacial score (nSPS) is 15.0. The molecule has 1 aromatic carbocycles. The fourth-order valence-electron chi connectivity index (χ4n) is 3.01. The van der Waals surface area contributed by atoms with Crippen molar-refractivity contribution >= 4 is 11.8 Å². The summed E-state index contributed by atoms with van der Waals surface area (Å²) in [5.74, 6) is 1.09. The first-order chi connectivity index (χ1) is 11.4. The van der Waals surface area contributed by atoms with E-state index in [4.69, 9.17) is 4.52 Å². The van der Waals surface area contributed by atoms with E-state index in [1.165, 1.54) is 11.1 Å². The van der Waals surface area contributed by atoms with E-state index in [9.17, 15) is 4.79 Å². The number of benzene rings is 1. The molecule has 2 amide bonds. The van der Waals surface area contributed by atoms with Crippen LogP contribution < -0.4 is 10.6 Å². The highest BCUT2D eigenvalue weighted by Crippen LogP contribution is 2.24. The van der Waals surface area contributed by atoms with Gasteiger partial charge in [0.05, 0.1) is 0 Å². The minimum absolute atomic E-state index is 0.134. The van der Waals surface area contributed by atoms with Crippen molar-refractivity contribution in [2.75, 3.05) is 18.4 Å². The number of carbonyl (C=O) groups is 1. The Labute approximate surface area is 142 Å². The summed E-state index contributed by atoms with van der Waals surface area (Å²) in [7, 11) is 0. The lowest BCUT2D eigenvalue weighted by molar-refractivity contribution is 0.105. The first-order valence-corrected chi connectivity index (χ1v) is 8.24. The molecule has 3 rings (SSSR count). The molecule has 0 saturated carbocycles. The van der Waals surface area contributed by atoms with Crippen LogP contribution in [0.5, 0.6) is 0 Å². The van der Waals surface area contributed by atoms with Crippen LogP contribution in [0, 0.1) is 6.92 Å². The molecule has 24 heavy (non-hydrogen) atoms. The van der Waals surface area contributed by atoms with Gasteiger partial charge in [0.25, 0.3) is 0 Å². The van der Waals surface area contributed by atoms with E-state index in [0.717, 1.165) is 19.5 Å². The molecule has 0 bridgehead atoms. The Kier molecular flexibility index (Phi) is 4.57. The van der Waals surface area contributed by atoms with Gasteiger partial charge in [-0.1, -0.05) is 29.4 Å². The van der Waals surface area contributed by atoms with E-state index in [2.05, 4.69) is 58.8 Å². The quantitative estimate of drug-likeness (QED) is 0.905. The van der Waals surface area contributed by atoms with Crippen LogP contribution in [0.4, 0.5) is 10.6 Å². The van der Waals surface area contributed by atoms with Gasteiger partial charge in [0.2, 0.25) is 0 Å². The van der Waals surface area contributed by atoms with Crippen LogP contribution in [0.15, 0.2) is 34.9 Å². The zero-order valence-electron chi connectivity index (χ0n) is 14.4. The standard InChI is InChI=1S/C18H24N4O2/c1-13-10-16(21-24-13)20-17(23)19-12-18(2,3)22-9-8-14-6-4-5-7-15(14)11-22/h4-7,10H,8-9,11-12H2,1-3H3,(H2,19,20,21,23). The van der Waals surface area contributed by atoms with Crippen molar-refractivity contribution in [1.29, 1.82) is 0 Å². The lowest BCUT2D eigenvalue weighted by Gasteiger charge is -2.41. The minimum atomic E-state index is -0.270. The smallest absolute Gasteiger partial charge is 0.320 e. The Hall–Kier alpha value is -2.34. The van der Waals surface area contributed by atoms with Gasteiger partial charge in [-0.25, -0.2) is 4.79 Å². The number of aromatic nitrogens is 1. The summed E-state index contributed by atoms with van der Waals surface area (Å²) in [4.78, 5) is 14.4. The van der Waals surface area contributed by atoms with Gasteiger partial charge < -0.3 is 9.84 Å². The van der Waals surface area contributed by atoms with Gasteiger partial charge in [0, 0.05) is 31.2 Å². The van der Waals surface area contributed by atoms with Crippen LogP contribution in [0.3, 0.4) is 0 Å². The monoisotopic (exact) mass is 328 g/mol. The van der Waals surface area contributed by atoms with Gasteiger partial charge in [-0.05, 0) is 38.3 Å². The van der Waals surface area contributed by atoms with E-state index in [-0.39, 0.29) is 11.6 Å². The molecule has 1 aliphatic rings. The van der Waals surface area contributed by atoms with Crippen molar-refractivity contribution < 1.29 is 9.32 Å². The highest BCUT2D eigenvalue weighted by atomic mass is 16.5. The SMILES string of the molecule is Cc1cc(NC(=O)NCC(C)(C)N2CCc3ccccc3C2)no1. The molecule has 0 unspecified atom stereocenters. The molecule has 6 heteroatoms. The number of aryl methyl sites for hydroxylation is 1. The van der Waals surface area contributed by atoms with Crippen molar-refractivity contribution in [2.45, 2.75) is 39.3 Å². The maximum atomic E-state index is 12.0. The third kappa shape index (κ3) is 3.76. The molecule has 2 aromatic rings. The number of fused-ring (bicyclic) bond motifs is 1. The largest absolute Gasteiger partial charge is 0.360 e. The summed E-state index contributed by atoms with van der Waals surface area (Å²) in [6.45, 7) is 8.55. The fourth-order valence-corrected chi connectivity index (χ4v) is 3.01. The summed E-state index contributed by atoms with van der Waals surface area (Å²) in [5.41, 5.74) is 2.67. The lowest BCUT2D eigenvalue weighted by atomic mass is 9.94. The summed E-state index contributed by atoms with van der Waals surface area (Å²) >= 11 is 0. The molecule has 0 saturated heterocycles. The number of amides is 2. The number of nitrogens with one attached hydrogen (secondary N) is 2. The molecular formula is C18H24N4O2. The molecule has 0 atom stereocenters. The summed E-state index contributed by atoms with van der Waals surface area (Å²) < 4.78 is 4.94. The van der Waals surface area contributed by atoms with Gasteiger partial charge in [-0.2, -0.15) is 0 Å².